The highest BCUT2D eigenvalue weighted by Gasteiger charge is 2.25. The molecule has 0 saturated carbocycles. The Kier molecular flexibility index (Phi) is 3.34. The van der Waals surface area contributed by atoms with Gasteiger partial charge in [0.15, 0.2) is 0 Å². The maximum atomic E-state index is 14.2. The monoisotopic (exact) mass is 233 g/mol. The Labute approximate surface area is 103 Å². The predicted molar refractivity (Wildman–Crippen MR) is 68.5 cm³/mol. The van der Waals surface area contributed by atoms with Crippen LogP contribution < -0.4 is 0 Å². The van der Waals surface area contributed by atoms with Crippen molar-refractivity contribution in [2.75, 3.05) is 0 Å². The Morgan fingerprint density at radius 3 is 1.88 bits per heavy atom. The molecule has 0 saturated heterocycles. The van der Waals surface area contributed by atoms with Crippen LogP contribution in [0.15, 0.2) is 12.1 Å². The first kappa shape index (κ1) is 13.7. The summed E-state index contributed by atoms with van der Waals surface area (Å²) >= 11 is 0. The first-order valence-corrected chi connectivity index (χ1v) is 5.82. The van der Waals surface area contributed by atoms with Gasteiger partial charge in [0.25, 0.3) is 0 Å². The Balaban J connectivity index is 3.55. The predicted octanol–water partition coefficient (Wildman–Crippen LogP) is 4.29. The van der Waals surface area contributed by atoms with E-state index in [1.54, 1.807) is 6.07 Å². The van der Waals surface area contributed by atoms with Crippen LogP contribution in [0.1, 0.15) is 58.2 Å². The normalized spacial score (nSPS) is 12.4. The molecule has 0 heterocycles. The molecule has 0 aliphatic heterocycles. The highest BCUT2D eigenvalue weighted by atomic mass is 19.1. The van der Waals surface area contributed by atoms with Crippen LogP contribution in [0, 0.1) is 17.1 Å². The van der Waals surface area contributed by atoms with Crippen molar-refractivity contribution in [1.82, 2.24) is 0 Å². The summed E-state index contributed by atoms with van der Waals surface area (Å²) in [7, 11) is 0. The van der Waals surface area contributed by atoms with Crippen LogP contribution in [0.5, 0.6) is 0 Å². The molecule has 2 heteroatoms. The van der Waals surface area contributed by atoms with Gasteiger partial charge in [-0.1, -0.05) is 41.5 Å². The number of hydrogen-bond acceptors (Lipinski definition) is 1. The third-order valence-electron chi connectivity index (χ3n) is 2.83. The van der Waals surface area contributed by atoms with Crippen molar-refractivity contribution in [3.8, 4) is 6.07 Å². The number of benzene rings is 1. The van der Waals surface area contributed by atoms with Gasteiger partial charge in [0, 0.05) is 5.56 Å². The van der Waals surface area contributed by atoms with Crippen LogP contribution in [-0.4, -0.2) is 0 Å². The van der Waals surface area contributed by atoms with Gasteiger partial charge in [-0.3, -0.25) is 0 Å². The van der Waals surface area contributed by atoms with E-state index in [1.165, 1.54) is 0 Å². The molecule has 0 aliphatic carbocycles. The summed E-state index contributed by atoms with van der Waals surface area (Å²) in [5, 5.41) is 9.18. The van der Waals surface area contributed by atoms with E-state index in [1.807, 2.05) is 47.6 Å². The van der Waals surface area contributed by atoms with Crippen molar-refractivity contribution in [3.63, 3.8) is 0 Å². The minimum atomic E-state index is -0.356. The van der Waals surface area contributed by atoms with Crippen molar-refractivity contribution in [1.29, 1.82) is 5.26 Å². The molecule has 0 fully saturated rings. The molecule has 0 radical (unpaired) electrons. The molecule has 1 aromatic rings. The molecule has 1 rings (SSSR count). The van der Waals surface area contributed by atoms with Gasteiger partial charge in [-0.15, -0.1) is 0 Å². The topological polar surface area (TPSA) is 23.8 Å². The van der Waals surface area contributed by atoms with Crippen molar-refractivity contribution >= 4 is 0 Å². The lowest BCUT2D eigenvalue weighted by Crippen LogP contribution is -2.19. The van der Waals surface area contributed by atoms with Crippen LogP contribution in [0.25, 0.3) is 0 Å². The highest BCUT2D eigenvalue weighted by Crippen LogP contribution is 2.32. The zero-order valence-corrected chi connectivity index (χ0v) is 11.5. The third-order valence-corrected chi connectivity index (χ3v) is 2.83. The summed E-state index contributed by atoms with van der Waals surface area (Å²) in [6.07, 6.45) is 0. The van der Waals surface area contributed by atoms with Crippen molar-refractivity contribution in [3.05, 3.63) is 34.6 Å². The molecule has 0 N–H and O–H groups in total. The molecule has 0 bridgehead atoms. The fraction of sp³-hybridized carbons (Fsp3) is 0.533. The van der Waals surface area contributed by atoms with E-state index < -0.39 is 0 Å². The lowest BCUT2D eigenvalue weighted by Gasteiger charge is -2.25. The smallest absolute Gasteiger partial charge is 0.128 e. The van der Waals surface area contributed by atoms with E-state index in [4.69, 9.17) is 0 Å². The van der Waals surface area contributed by atoms with Crippen LogP contribution in [0.2, 0.25) is 0 Å². The largest absolute Gasteiger partial charge is 0.207 e. The molecule has 0 spiro atoms. The summed E-state index contributed by atoms with van der Waals surface area (Å²) in [4.78, 5) is 0. The minimum Gasteiger partial charge on any atom is -0.207 e. The molecule has 0 atom stereocenters. The molecule has 1 nitrogen and oxygen atoms in total. The Hall–Kier alpha value is -1.36. The quantitative estimate of drug-likeness (QED) is 0.655. The molecule has 1 aromatic carbocycles. The molecule has 17 heavy (non-hydrogen) atoms. The molecular formula is C15H20FN. The second-order valence-electron chi connectivity index (χ2n) is 6.49. The number of hydrogen-bond donors (Lipinski definition) is 0. The minimum absolute atomic E-state index is 0.150. The van der Waals surface area contributed by atoms with Gasteiger partial charge < -0.3 is 0 Å². The first-order chi connectivity index (χ1) is 7.57. The summed E-state index contributed by atoms with van der Waals surface area (Å²) in [6.45, 7) is 11.8. The number of nitriles is 1. The van der Waals surface area contributed by atoms with E-state index in [-0.39, 0.29) is 16.6 Å². The molecule has 0 unspecified atom stereocenters. The van der Waals surface area contributed by atoms with Crippen molar-refractivity contribution in [2.45, 2.75) is 52.4 Å². The van der Waals surface area contributed by atoms with Gasteiger partial charge in [0.2, 0.25) is 0 Å². The Morgan fingerprint density at radius 2 is 1.53 bits per heavy atom. The Morgan fingerprint density at radius 1 is 1.00 bits per heavy atom. The SMILES string of the molecule is CC(C)(C)c1cc(F)c(C(C)(C)C)c(C#N)c1. The number of rotatable bonds is 0. The van der Waals surface area contributed by atoms with Gasteiger partial charge in [-0.25, -0.2) is 4.39 Å². The van der Waals surface area contributed by atoms with Crippen LogP contribution in [-0.2, 0) is 10.8 Å². The third kappa shape index (κ3) is 2.85. The lowest BCUT2D eigenvalue weighted by atomic mass is 9.79. The standard InChI is InChI=1S/C15H20FN/c1-14(2,3)11-7-10(9-17)13(12(16)8-11)15(4,5)6/h7-8H,1-6H3. The molecule has 0 amide bonds. The van der Waals surface area contributed by atoms with Crippen LogP contribution in [0.4, 0.5) is 4.39 Å². The average Bonchev–Trinajstić information content (AvgIpc) is 2.12. The van der Waals surface area contributed by atoms with Crippen LogP contribution >= 0.6 is 0 Å². The van der Waals surface area contributed by atoms with Gasteiger partial charge in [-0.2, -0.15) is 5.26 Å². The van der Waals surface area contributed by atoms with Crippen molar-refractivity contribution < 1.29 is 4.39 Å². The zero-order chi connectivity index (χ0) is 13.4. The zero-order valence-electron chi connectivity index (χ0n) is 11.5. The van der Waals surface area contributed by atoms with Crippen molar-refractivity contribution in [2.24, 2.45) is 0 Å². The first-order valence-electron chi connectivity index (χ1n) is 5.82. The van der Waals surface area contributed by atoms with Crippen LogP contribution in [0.3, 0.4) is 0 Å². The summed E-state index contributed by atoms with van der Waals surface area (Å²) < 4.78 is 14.2. The molecule has 92 valence electrons. The molecule has 0 aliphatic rings. The summed E-state index contributed by atoms with van der Waals surface area (Å²) in [6, 6.07) is 5.48. The van der Waals surface area contributed by atoms with Gasteiger partial charge >= 0.3 is 0 Å². The molecular weight excluding hydrogens is 213 g/mol. The Bertz CT molecular complexity index is 467. The van der Waals surface area contributed by atoms with E-state index in [0.29, 0.717) is 11.1 Å². The van der Waals surface area contributed by atoms with Gasteiger partial charge in [0.1, 0.15) is 5.82 Å². The fourth-order valence-electron chi connectivity index (χ4n) is 1.89. The summed E-state index contributed by atoms with van der Waals surface area (Å²) in [5.41, 5.74) is 1.31. The maximum absolute atomic E-state index is 14.2. The highest BCUT2D eigenvalue weighted by molar-refractivity contribution is 5.46. The molecule has 0 aromatic heterocycles. The maximum Gasteiger partial charge on any atom is 0.128 e. The average molecular weight is 233 g/mol. The fourth-order valence-corrected chi connectivity index (χ4v) is 1.89. The number of halogens is 1. The van der Waals surface area contributed by atoms with E-state index >= 15 is 0 Å². The van der Waals surface area contributed by atoms with Gasteiger partial charge in [0.05, 0.1) is 11.6 Å². The number of nitrogens with zero attached hydrogens (tertiary/aromatic N) is 1. The van der Waals surface area contributed by atoms with E-state index in [9.17, 15) is 9.65 Å². The second-order valence-corrected chi connectivity index (χ2v) is 6.49. The van der Waals surface area contributed by atoms with Gasteiger partial charge in [-0.05, 0) is 28.5 Å². The summed E-state index contributed by atoms with van der Waals surface area (Å²) in [5.74, 6) is -0.276. The van der Waals surface area contributed by atoms with E-state index in [2.05, 4.69) is 6.07 Å². The second kappa shape index (κ2) is 4.14. The van der Waals surface area contributed by atoms with E-state index in [0.717, 1.165) is 5.56 Å². The lowest BCUT2D eigenvalue weighted by molar-refractivity contribution is 0.512.